The normalized spacial score (nSPS) is 20.2. The molecule has 0 aromatic heterocycles. The molecule has 1 rings (SSSR count). The molecule has 2 amide bonds. The van der Waals surface area contributed by atoms with Crippen LogP contribution >= 0.6 is 0 Å². The lowest BCUT2D eigenvalue weighted by Crippen LogP contribution is -2.47. The highest BCUT2D eigenvalue weighted by Crippen LogP contribution is 2.29. The van der Waals surface area contributed by atoms with Crippen LogP contribution in [0.3, 0.4) is 0 Å². The Labute approximate surface area is 91.8 Å². The molecule has 4 heteroatoms. The van der Waals surface area contributed by atoms with Gasteiger partial charge in [-0.05, 0) is 32.6 Å². The number of nitrogens with one attached hydrogen (secondary N) is 2. The summed E-state index contributed by atoms with van der Waals surface area (Å²) in [5, 5.41) is 5.75. The third-order valence-electron chi connectivity index (χ3n) is 3.17. The van der Waals surface area contributed by atoms with Gasteiger partial charge in [-0.2, -0.15) is 0 Å². The molecule has 0 bridgehead atoms. The highest BCUT2D eigenvalue weighted by molar-refractivity contribution is 5.74. The minimum absolute atomic E-state index is 0.0646. The predicted octanol–water partition coefficient (Wildman–Crippen LogP) is 1.51. The van der Waals surface area contributed by atoms with Crippen LogP contribution in [0.2, 0.25) is 0 Å². The fraction of sp³-hybridized carbons (Fsp3) is 0.909. The highest BCUT2D eigenvalue weighted by Gasteiger charge is 2.24. The lowest BCUT2D eigenvalue weighted by atomic mass is 9.80. The zero-order valence-corrected chi connectivity index (χ0v) is 9.88. The van der Waals surface area contributed by atoms with Crippen molar-refractivity contribution in [2.45, 2.75) is 45.3 Å². The van der Waals surface area contributed by atoms with Crippen LogP contribution < -0.4 is 10.6 Å². The molecule has 1 aliphatic rings. The third-order valence-corrected chi connectivity index (χ3v) is 3.17. The summed E-state index contributed by atoms with van der Waals surface area (Å²) < 4.78 is 5.04. The molecule has 2 atom stereocenters. The maximum absolute atomic E-state index is 11.4. The van der Waals surface area contributed by atoms with Crippen LogP contribution in [0.4, 0.5) is 4.79 Å². The van der Waals surface area contributed by atoms with Gasteiger partial charge in [-0.1, -0.05) is 6.42 Å². The minimum Gasteiger partial charge on any atom is -0.380 e. The number of hydrogen-bond acceptors (Lipinski definition) is 2. The van der Waals surface area contributed by atoms with Crippen LogP contribution in [0.15, 0.2) is 0 Å². The Morgan fingerprint density at radius 3 is 2.60 bits per heavy atom. The van der Waals surface area contributed by atoms with Gasteiger partial charge in [0.05, 0.1) is 6.10 Å². The summed E-state index contributed by atoms with van der Waals surface area (Å²) in [6.07, 6.45) is 3.86. The quantitative estimate of drug-likeness (QED) is 0.729. The van der Waals surface area contributed by atoms with Gasteiger partial charge < -0.3 is 15.4 Å². The molecule has 0 saturated heterocycles. The van der Waals surface area contributed by atoms with E-state index >= 15 is 0 Å². The molecular formula is C11H22N2O2. The SMILES string of the molecule is COC(C)CNC(=O)NC(C)C1CCC1. The zero-order valence-electron chi connectivity index (χ0n) is 9.88. The second kappa shape index (κ2) is 5.95. The number of ether oxygens (including phenoxy) is 1. The van der Waals surface area contributed by atoms with E-state index in [-0.39, 0.29) is 18.2 Å². The number of carbonyl (C=O) groups excluding carboxylic acids is 1. The Morgan fingerprint density at radius 1 is 1.47 bits per heavy atom. The smallest absolute Gasteiger partial charge is 0.315 e. The molecule has 0 aromatic carbocycles. The molecule has 1 saturated carbocycles. The second-order valence-corrected chi connectivity index (χ2v) is 4.38. The fourth-order valence-corrected chi connectivity index (χ4v) is 1.64. The first-order valence-electron chi connectivity index (χ1n) is 5.70. The fourth-order valence-electron chi connectivity index (χ4n) is 1.64. The molecule has 4 nitrogen and oxygen atoms in total. The first kappa shape index (κ1) is 12.3. The number of urea groups is 1. The van der Waals surface area contributed by atoms with E-state index in [9.17, 15) is 4.79 Å². The van der Waals surface area contributed by atoms with Crippen LogP contribution in [0.25, 0.3) is 0 Å². The first-order chi connectivity index (χ1) is 7.13. The second-order valence-electron chi connectivity index (χ2n) is 4.38. The van der Waals surface area contributed by atoms with Crippen molar-refractivity contribution in [2.24, 2.45) is 5.92 Å². The van der Waals surface area contributed by atoms with Gasteiger partial charge in [0, 0.05) is 19.7 Å². The van der Waals surface area contributed by atoms with E-state index < -0.39 is 0 Å². The highest BCUT2D eigenvalue weighted by atomic mass is 16.5. The van der Waals surface area contributed by atoms with E-state index in [1.54, 1.807) is 7.11 Å². The zero-order chi connectivity index (χ0) is 11.3. The summed E-state index contributed by atoms with van der Waals surface area (Å²) in [5.74, 6) is 0.676. The summed E-state index contributed by atoms with van der Waals surface area (Å²) in [6, 6.07) is 0.204. The Hall–Kier alpha value is -0.770. The van der Waals surface area contributed by atoms with Gasteiger partial charge in [-0.25, -0.2) is 4.79 Å². The predicted molar refractivity (Wildman–Crippen MR) is 59.8 cm³/mol. The summed E-state index contributed by atoms with van der Waals surface area (Å²) in [7, 11) is 1.64. The average Bonchev–Trinajstić information content (AvgIpc) is 2.11. The molecular weight excluding hydrogens is 192 g/mol. The third kappa shape index (κ3) is 4.08. The van der Waals surface area contributed by atoms with Crippen molar-refractivity contribution in [1.29, 1.82) is 0 Å². The number of methoxy groups -OCH3 is 1. The number of rotatable bonds is 5. The van der Waals surface area contributed by atoms with Crippen molar-refractivity contribution in [1.82, 2.24) is 10.6 Å². The molecule has 0 spiro atoms. The number of hydrogen-bond donors (Lipinski definition) is 2. The van der Waals surface area contributed by atoms with Crippen LogP contribution in [0.5, 0.6) is 0 Å². The molecule has 0 heterocycles. The van der Waals surface area contributed by atoms with E-state index in [2.05, 4.69) is 17.6 Å². The molecule has 1 aliphatic carbocycles. The van der Waals surface area contributed by atoms with E-state index in [1.165, 1.54) is 19.3 Å². The maximum atomic E-state index is 11.4. The van der Waals surface area contributed by atoms with Gasteiger partial charge >= 0.3 is 6.03 Å². The molecule has 0 aliphatic heterocycles. The standard InChI is InChI=1S/C11H22N2O2/c1-8(15-3)7-12-11(14)13-9(2)10-5-4-6-10/h8-10H,4-7H2,1-3H3,(H2,12,13,14). The van der Waals surface area contributed by atoms with Gasteiger partial charge in [0.15, 0.2) is 0 Å². The van der Waals surface area contributed by atoms with Gasteiger partial charge in [0.2, 0.25) is 0 Å². The van der Waals surface area contributed by atoms with Crippen molar-refractivity contribution >= 4 is 6.03 Å². The van der Waals surface area contributed by atoms with Gasteiger partial charge in [-0.3, -0.25) is 0 Å². The van der Waals surface area contributed by atoms with Crippen molar-refractivity contribution in [3.63, 3.8) is 0 Å². The molecule has 1 fully saturated rings. The largest absolute Gasteiger partial charge is 0.380 e. The summed E-state index contributed by atoms with van der Waals surface area (Å²) >= 11 is 0. The Morgan fingerprint density at radius 2 is 2.13 bits per heavy atom. The number of carbonyl (C=O) groups is 1. The van der Waals surface area contributed by atoms with Crippen LogP contribution in [0, 0.1) is 5.92 Å². The van der Waals surface area contributed by atoms with Gasteiger partial charge in [0.25, 0.3) is 0 Å². The summed E-state index contributed by atoms with van der Waals surface area (Å²) in [6.45, 7) is 4.55. The lowest BCUT2D eigenvalue weighted by Gasteiger charge is -2.31. The lowest BCUT2D eigenvalue weighted by molar-refractivity contribution is 0.118. The molecule has 2 unspecified atom stereocenters. The topological polar surface area (TPSA) is 50.4 Å². The van der Waals surface area contributed by atoms with E-state index in [0.717, 1.165) is 0 Å². The Balaban J connectivity index is 2.11. The molecule has 0 aromatic rings. The maximum Gasteiger partial charge on any atom is 0.315 e. The van der Waals surface area contributed by atoms with Crippen LogP contribution in [-0.2, 0) is 4.74 Å². The molecule has 0 radical (unpaired) electrons. The van der Waals surface area contributed by atoms with Crippen molar-refractivity contribution in [3.8, 4) is 0 Å². The van der Waals surface area contributed by atoms with Gasteiger partial charge in [-0.15, -0.1) is 0 Å². The van der Waals surface area contributed by atoms with E-state index in [0.29, 0.717) is 12.5 Å². The Bertz CT molecular complexity index is 205. The van der Waals surface area contributed by atoms with Crippen molar-refractivity contribution in [3.05, 3.63) is 0 Å². The first-order valence-corrected chi connectivity index (χ1v) is 5.70. The minimum atomic E-state index is -0.0849. The molecule has 88 valence electrons. The summed E-state index contributed by atoms with van der Waals surface area (Å²) in [4.78, 5) is 11.4. The summed E-state index contributed by atoms with van der Waals surface area (Å²) in [5.41, 5.74) is 0. The van der Waals surface area contributed by atoms with Crippen molar-refractivity contribution in [2.75, 3.05) is 13.7 Å². The van der Waals surface area contributed by atoms with Gasteiger partial charge in [0.1, 0.15) is 0 Å². The van der Waals surface area contributed by atoms with Crippen LogP contribution in [-0.4, -0.2) is 31.8 Å². The monoisotopic (exact) mass is 214 g/mol. The van der Waals surface area contributed by atoms with Crippen LogP contribution in [0.1, 0.15) is 33.1 Å². The van der Waals surface area contributed by atoms with Crippen molar-refractivity contribution < 1.29 is 9.53 Å². The average molecular weight is 214 g/mol. The molecule has 2 N–H and O–H groups in total. The van der Waals surface area contributed by atoms with E-state index in [4.69, 9.17) is 4.74 Å². The van der Waals surface area contributed by atoms with E-state index in [1.807, 2.05) is 6.92 Å². The number of amides is 2. The molecule has 15 heavy (non-hydrogen) atoms. The Kier molecular flexibility index (Phi) is 4.88.